The summed E-state index contributed by atoms with van der Waals surface area (Å²) in [6.07, 6.45) is 9.01. The lowest BCUT2D eigenvalue weighted by Gasteiger charge is -2.42. The summed E-state index contributed by atoms with van der Waals surface area (Å²) in [5, 5.41) is 0. The molecule has 0 aromatic heterocycles. The second kappa shape index (κ2) is 3.42. The highest BCUT2D eigenvalue weighted by Gasteiger charge is 2.41. The fourth-order valence-corrected chi connectivity index (χ4v) is 3.13. The van der Waals surface area contributed by atoms with Crippen LogP contribution >= 0.6 is 11.8 Å². The predicted octanol–water partition coefficient (Wildman–Crippen LogP) is 3.49. The molecule has 0 aliphatic carbocycles. The Morgan fingerprint density at radius 2 is 2.15 bits per heavy atom. The zero-order chi connectivity index (χ0) is 10.1. The topological polar surface area (TPSA) is 0 Å². The molecule has 0 saturated carbocycles. The third kappa shape index (κ3) is 1.94. The Morgan fingerprint density at radius 1 is 1.54 bits per heavy atom. The molecule has 1 rings (SSSR count). The van der Waals surface area contributed by atoms with E-state index in [1.807, 2.05) is 11.8 Å². The first-order valence-electron chi connectivity index (χ1n) is 4.69. The van der Waals surface area contributed by atoms with Crippen LogP contribution in [0.3, 0.4) is 0 Å². The number of thioether (sulfide) groups is 1. The zero-order valence-corrected chi connectivity index (χ0v) is 9.79. The minimum absolute atomic E-state index is 0.00579. The molecule has 1 unspecified atom stereocenters. The van der Waals surface area contributed by atoms with Crippen LogP contribution in [0.2, 0.25) is 0 Å². The van der Waals surface area contributed by atoms with Crippen molar-refractivity contribution in [3.8, 4) is 12.3 Å². The van der Waals surface area contributed by atoms with Crippen LogP contribution < -0.4 is 0 Å². The van der Waals surface area contributed by atoms with Crippen molar-refractivity contribution in [1.82, 2.24) is 0 Å². The largest absolute Gasteiger partial charge is 0.137 e. The molecule has 0 N–H and O–H groups in total. The van der Waals surface area contributed by atoms with E-state index in [1.54, 1.807) is 0 Å². The summed E-state index contributed by atoms with van der Waals surface area (Å²) < 4.78 is 0.00579. The molecule has 1 atom stereocenters. The summed E-state index contributed by atoms with van der Waals surface area (Å²) in [6, 6.07) is 0. The molecule has 1 aliphatic rings. The van der Waals surface area contributed by atoms with Gasteiger partial charge in [0.2, 0.25) is 0 Å². The molecule has 1 heteroatoms. The maximum atomic E-state index is 5.69. The molecule has 72 valence electrons. The first-order valence-corrected chi connectivity index (χ1v) is 5.67. The molecule has 0 amide bonds. The van der Waals surface area contributed by atoms with Gasteiger partial charge in [-0.2, -0.15) is 0 Å². The van der Waals surface area contributed by atoms with Gasteiger partial charge in [-0.05, 0) is 18.8 Å². The van der Waals surface area contributed by atoms with Crippen molar-refractivity contribution < 1.29 is 0 Å². The molecule has 1 aliphatic heterocycles. The molecule has 0 aromatic rings. The van der Waals surface area contributed by atoms with Crippen molar-refractivity contribution in [1.29, 1.82) is 0 Å². The lowest BCUT2D eigenvalue weighted by atomic mass is 9.76. The number of allylic oxidation sites excluding steroid dienone is 1. The Bertz CT molecular complexity index is 262. The van der Waals surface area contributed by atoms with Crippen molar-refractivity contribution >= 4 is 11.8 Å². The number of terminal acetylenes is 1. The van der Waals surface area contributed by atoms with Crippen molar-refractivity contribution in [3.05, 3.63) is 11.6 Å². The van der Waals surface area contributed by atoms with E-state index in [9.17, 15) is 0 Å². The van der Waals surface area contributed by atoms with Crippen molar-refractivity contribution in [2.75, 3.05) is 5.75 Å². The van der Waals surface area contributed by atoms with Crippen LogP contribution in [0.1, 0.15) is 34.1 Å². The summed E-state index contributed by atoms with van der Waals surface area (Å²) in [5.74, 6) is 4.07. The van der Waals surface area contributed by atoms with Gasteiger partial charge >= 0.3 is 0 Å². The van der Waals surface area contributed by atoms with E-state index in [2.05, 4.69) is 39.7 Å². The standard InChI is InChI=1S/C12H18S/c1-6-12(11(3,4)5)9-10(2)7-8-13-12/h1,7H,8-9H2,2-5H3. The van der Waals surface area contributed by atoms with Gasteiger partial charge in [-0.15, -0.1) is 18.2 Å². The van der Waals surface area contributed by atoms with Gasteiger partial charge in [-0.1, -0.05) is 38.3 Å². The Balaban J connectivity index is 2.98. The van der Waals surface area contributed by atoms with Crippen molar-refractivity contribution in [2.45, 2.75) is 38.9 Å². The molecule has 0 nitrogen and oxygen atoms in total. The SMILES string of the molecule is C#CC1(C(C)(C)C)CC(C)=CCS1. The Labute approximate surface area is 86.2 Å². The van der Waals surface area contributed by atoms with Gasteiger partial charge < -0.3 is 0 Å². The van der Waals surface area contributed by atoms with Crippen LogP contribution in [-0.4, -0.2) is 10.5 Å². The normalized spacial score (nSPS) is 29.3. The smallest absolute Gasteiger partial charge is 0.0849 e. The average Bonchev–Trinajstić information content (AvgIpc) is 2.02. The fraction of sp³-hybridized carbons (Fsp3) is 0.667. The molecule has 0 radical (unpaired) electrons. The molecule has 0 spiro atoms. The quantitative estimate of drug-likeness (QED) is 0.420. The van der Waals surface area contributed by atoms with Gasteiger partial charge in [0, 0.05) is 5.75 Å². The second-order valence-electron chi connectivity index (χ2n) is 4.76. The predicted molar refractivity (Wildman–Crippen MR) is 61.9 cm³/mol. The van der Waals surface area contributed by atoms with Gasteiger partial charge in [0.25, 0.3) is 0 Å². The molecule has 0 saturated heterocycles. The van der Waals surface area contributed by atoms with Crippen molar-refractivity contribution in [3.63, 3.8) is 0 Å². The monoisotopic (exact) mass is 194 g/mol. The lowest BCUT2D eigenvalue weighted by Crippen LogP contribution is -2.40. The molecule has 13 heavy (non-hydrogen) atoms. The van der Waals surface area contributed by atoms with E-state index in [0.29, 0.717) is 0 Å². The van der Waals surface area contributed by atoms with Gasteiger partial charge in [-0.3, -0.25) is 0 Å². The van der Waals surface area contributed by atoms with E-state index >= 15 is 0 Å². The molecular weight excluding hydrogens is 176 g/mol. The number of rotatable bonds is 0. The molecule has 0 fully saturated rings. The van der Waals surface area contributed by atoms with E-state index in [4.69, 9.17) is 6.42 Å². The highest BCUT2D eigenvalue weighted by Crippen LogP contribution is 2.48. The number of hydrogen-bond acceptors (Lipinski definition) is 1. The summed E-state index contributed by atoms with van der Waals surface area (Å²) in [6.45, 7) is 8.88. The third-order valence-corrected chi connectivity index (χ3v) is 4.43. The first-order chi connectivity index (χ1) is 5.91. The minimum atomic E-state index is 0.00579. The van der Waals surface area contributed by atoms with Crippen molar-refractivity contribution in [2.24, 2.45) is 5.41 Å². The molecular formula is C12H18S. The van der Waals surface area contributed by atoms with Crippen LogP contribution in [-0.2, 0) is 0 Å². The van der Waals surface area contributed by atoms with Gasteiger partial charge in [0.15, 0.2) is 0 Å². The molecule has 0 aromatic carbocycles. The van der Waals surface area contributed by atoms with Crippen LogP contribution in [0.5, 0.6) is 0 Å². The van der Waals surface area contributed by atoms with Gasteiger partial charge in [-0.25, -0.2) is 0 Å². The Kier molecular flexibility index (Phi) is 2.82. The zero-order valence-electron chi connectivity index (χ0n) is 8.98. The van der Waals surface area contributed by atoms with Crippen LogP contribution in [0, 0.1) is 17.8 Å². The highest BCUT2D eigenvalue weighted by molar-refractivity contribution is 8.01. The van der Waals surface area contributed by atoms with Crippen LogP contribution in [0.15, 0.2) is 11.6 Å². The van der Waals surface area contributed by atoms with E-state index in [0.717, 1.165) is 12.2 Å². The van der Waals surface area contributed by atoms with Gasteiger partial charge in [0.05, 0.1) is 4.75 Å². The Morgan fingerprint density at radius 3 is 2.46 bits per heavy atom. The summed E-state index contributed by atoms with van der Waals surface area (Å²) in [4.78, 5) is 0. The highest BCUT2D eigenvalue weighted by atomic mass is 32.2. The van der Waals surface area contributed by atoms with Crippen LogP contribution in [0.25, 0.3) is 0 Å². The molecule has 1 heterocycles. The van der Waals surface area contributed by atoms with Crippen LogP contribution in [0.4, 0.5) is 0 Å². The molecule has 0 bridgehead atoms. The summed E-state index contributed by atoms with van der Waals surface area (Å²) >= 11 is 1.91. The maximum absolute atomic E-state index is 5.69. The van der Waals surface area contributed by atoms with E-state index in [-0.39, 0.29) is 10.2 Å². The second-order valence-corrected chi connectivity index (χ2v) is 6.08. The van der Waals surface area contributed by atoms with Gasteiger partial charge in [0.1, 0.15) is 0 Å². The lowest BCUT2D eigenvalue weighted by molar-refractivity contribution is 0.334. The average molecular weight is 194 g/mol. The fourth-order valence-electron chi connectivity index (χ4n) is 1.63. The summed E-state index contributed by atoms with van der Waals surface area (Å²) in [5.41, 5.74) is 1.62. The summed E-state index contributed by atoms with van der Waals surface area (Å²) in [7, 11) is 0. The van der Waals surface area contributed by atoms with E-state index in [1.165, 1.54) is 5.57 Å². The number of hydrogen-bond donors (Lipinski definition) is 0. The Hall–Kier alpha value is -0.350. The van der Waals surface area contributed by atoms with E-state index < -0.39 is 0 Å². The minimum Gasteiger partial charge on any atom is -0.137 e. The first kappa shape index (κ1) is 10.7. The maximum Gasteiger partial charge on any atom is 0.0849 e. The third-order valence-electron chi connectivity index (χ3n) is 2.73.